The van der Waals surface area contributed by atoms with Crippen molar-refractivity contribution in [1.82, 2.24) is 0 Å². The monoisotopic (exact) mass is 404 g/mol. The molecule has 3 aromatic rings. The molecule has 0 N–H and O–H groups in total. The molecule has 0 saturated carbocycles. The highest BCUT2D eigenvalue weighted by atomic mass is 79.9. The molecule has 0 aliphatic rings. The van der Waals surface area contributed by atoms with E-state index in [2.05, 4.69) is 15.9 Å². The molecule has 1 aromatic heterocycles. The summed E-state index contributed by atoms with van der Waals surface area (Å²) in [6, 6.07) is 14.4. The number of allylic oxidation sites excluding steroid dienone is 1. The molecule has 3 rings (SSSR count). The predicted molar refractivity (Wildman–Crippen MR) is 101 cm³/mol. The molecule has 0 spiro atoms. The van der Waals surface area contributed by atoms with Crippen molar-refractivity contribution >= 4 is 60.8 Å². The van der Waals surface area contributed by atoms with Crippen molar-refractivity contribution in [1.29, 1.82) is 0 Å². The SMILES string of the molecule is O=C(C=Cc1ccc(Cl)cc1)c1cc2cc(Br)ccc2sc1=O. The van der Waals surface area contributed by atoms with Gasteiger partial charge in [0.2, 0.25) is 4.74 Å². The van der Waals surface area contributed by atoms with Gasteiger partial charge < -0.3 is 0 Å². The lowest BCUT2D eigenvalue weighted by Gasteiger charge is -2.00. The zero-order valence-electron chi connectivity index (χ0n) is 11.8. The van der Waals surface area contributed by atoms with Crippen LogP contribution in [-0.4, -0.2) is 5.78 Å². The van der Waals surface area contributed by atoms with E-state index in [1.54, 1.807) is 24.3 Å². The second kappa shape index (κ2) is 6.79. The van der Waals surface area contributed by atoms with Crippen LogP contribution < -0.4 is 4.74 Å². The standard InChI is InChI=1S/C18H10BrClO2S/c19-13-4-8-17-12(9-13)10-15(18(22)23-17)16(21)7-3-11-1-5-14(20)6-2-11/h1-10H. The number of halogens is 2. The van der Waals surface area contributed by atoms with Gasteiger partial charge in [0, 0.05) is 14.2 Å². The summed E-state index contributed by atoms with van der Waals surface area (Å²) in [4.78, 5) is 24.5. The second-order valence-electron chi connectivity index (χ2n) is 4.88. The molecule has 2 nitrogen and oxygen atoms in total. The van der Waals surface area contributed by atoms with Gasteiger partial charge in [-0.05, 0) is 53.4 Å². The molecule has 0 amide bonds. The van der Waals surface area contributed by atoms with Crippen LogP contribution in [0.3, 0.4) is 0 Å². The Hall–Kier alpha value is -1.75. The van der Waals surface area contributed by atoms with Gasteiger partial charge in [0.1, 0.15) is 0 Å². The number of carbonyl (C=O) groups excluding carboxylic acids is 1. The molecule has 0 bridgehead atoms. The molecule has 1 heterocycles. The fraction of sp³-hybridized carbons (Fsp3) is 0. The Bertz CT molecular complexity index is 974. The van der Waals surface area contributed by atoms with Crippen LogP contribution in [0.4, 0.5) is 0 Å². The number of rotatable bonds is 3. The number of carbonyl (C=O) groups is 1. The maximum atomic E-state index is 12.3. The van der Waals surface area contributed by atoms with Crippen LogP contribution in [0.5, 0.6) is 0 Å². The van der Waals surface area contributed by atoms with E-state index < -0.39 is 0 Å². The molecular formula is C18H10BrClO2S. The summed E-state index contributed by atoms with van der Waals surface area (Å²) in [6.45, 7) is 0. The number of hydrogen-bond donors (Lipinski definition) is 0. The quantitative estimate of drug-likeness (QED) is 0.421. The fourth-order valence-electron chi connectivity index (χ4n) is 2.10. The Labute approximate surface area is 150 Å². The summed E-state index contributed by atoms with van der Waals surface area (Å²) in [7, 11) is 0. The number of ketones is 1. The first kappa shape index (κ1) is 16.1. The molecule has 0 aliphatic carbocycles. The van der Waals surface area contributed by atoms with E-state index in [0.29, 0.717) is 5.02 Å². The number of fused-ring (bicyclic) bond motifs is 1. The van der Waals surface area contributed by atoms with E-state index >= 15 is 0 Å². The lowest BCUT2D eigenvalue weighted by atomic mass is 10.1. The summed E-state index contributed by atoms with van der Waals surface area (Å²) in [5.41, 5.74) is 1.04. The van der Waals surface area contributed by atoms with Crippen molar-refractivity contribution < 1.29 is 4.79 Å². The third-order valence-corrected chi connectivity index (χ3v) is 5.00. The number of benzene rings is 2. The van der Waals surface area contributed by atoms with Crippen LogP contribution in [-0.2, 0) is 0 Å². The topological polar surface area (TPSA) is 34.1 Å². The minimum absolute atomic E-state index is 0.186. The molecule has 0 fully saturated rings. The Kier molecular flexibility index (Phi) is 4.76. The summed E-state index contributed by atoms with van der Waals surface area (Å²) in [5, 5.41) is 1.50. The maximum Gasteiger partial charge on any atom is 0.244 e. The van der Waals surface area contributed by atoms with Crippen molar-refractivity contribution in [2.75, 3.05) is 0 Å². The van der Waals surface area contributed by atoms with Crippen LogP contribution >= 0.6 is 38.9 Å². The van der Waals surface area contributed by atoms with E-state index in [1.807, 2.05) is 30.3 Å². The van der Waals surface area contributed by atoms with E-state index in [9.17, 15) is 9.59 Å². The molecule has 0 saturated heterocycles. The van der Waals surface area contributed by atoms with E-state index in [-0.39, 0.29) is 16.1 Å². The molecule has 114 valence electrons. The van der Waals surface area contributed by atoms with Crippen LogP contribution in [0.25, 0.3) is 16.2 Å². The zero-order valence-corrected chi connectivity index (χ0v) is 14.9. The van der Waals surface area contributed by atoms with Crippen molar-refractivity contribution in [3.63, 3.8) is 0 Å². The largest absolute Gasteiger partial charge is 0.289 e. The number of hydrogen-bond acceptors (Lipinski definition) is 3. The molecule has 2 aromatic carbocycles. The Balaban J connectivity index is 1.95. The highest BCUT2D eigenvalue weighted by molar-refractivity contribution is 9.10. The zero-order chi connectivity index (χ0) is 16.4. The third-order valence-electron chi connectivity index (χ3n) is 3.26. The van der Waals surface area contributed by atoms with Crippen LogP contribution in [0.15, 0.2) is 63.9 Å². The summed E-state index contributed by atoms with van der Waals surface area (Å²) < 4.78 is 1.54. The van der Waals surface area contributed by atoms with Crippen molar-refractivity contribution in [2.24, 2.45) is 0 Å². The molecule has 0 aliphatic heterocycles. The first-order valence-corrected chi connectivity index (χ1v) is 8.73. The summed E-state index contributed by atoms with van der Waals surface area (Å²) >= 11 is 10.3. The van der Waals surface area contributed by atoms with Crippen LogP contribution in [0.2, 0.25) is 5.02 Å². The van der Waals surface area contributed by atoms with Gasteiger partial charge in [-0.3, -0.25) is 9.59 Å². The highest BCUT2D eigenvalue weighted by Gasteiger charge is 2.10. The first-order valence-electron chi connectivity index (χ1n) is 6.74. The van der Waals surface area contributed by atoms with Gasteiger partial charge in [0.25, 0.3) is 0 Å². The van der Waals surface area contributed by atoms with Gasteiger partial charge in [-0.15, -0.1) is 0 Å². The van der Waals surface area contributed by atoms with Crippen molar-refractivity contribution in [2.45, 2.75) is 0 Å². The summed E-state index contributed by atoms with van der Waals surface area (Å²) in [5.74, 6) is -0.303. The van der Waals surface area contributed by atoms with Gasteiger partial charge in [-0.2, -0.15) is 0 Å². The molecule has 0 unspecified atom stereocenters. The second-order valence-corrected chi connectivity index (χ2v) is 7.25. The van der Waals surface area contributed by atoms with Gasteiger partial charge in [-0.25, -0.2) is 0 Å². The van der Waals surface area contributed by atoms with Gasteiger partial charge >= 0.3 is 0 Å². The van der Waals surface area contributed by atoms with Gasteiger partial charge in [-0.1, -0.05) is 57.1 Å². The highest BCUT2D eigenvalue weighted by Crippen LogP contribution is 2.22. The van der Waals surface area contributed by atoms with Crippen LogP contribution in [0.1, 0.15) is 15.9 Å². The molecule has 5 heteroatoms. The Morgan fingerprint density at radius 3 is 2.57 bits per heavy atom. The lowest BCUT2D eigenvalue weighted by Crippen LogP contribution is -2.09. The summed E-state index contributed by atoms with van der Waals surface area (Å²) in [6.07, 6.45) is 3.09. The van der Waals surface area contributed by atoms with E-state index in [4.69, 9.17) is 11.6 Å². The van der Waals surface area contributed by atoms with Crippen molar-refractivity contribution in [3.05, 3.63) is 84.8 Å². The maximum absolute atomic E-state index is 12.3. The third kappa shape index (κ3) is 3.78. The molecule has 0 radical (unpaired) electrons. The molecule has 0 atom stereocenters. The minimum atomic E-state index is -0.303. The predicted octanol–water partition coefficient (Wildman–Crippen LogP) is 5.57. The van der Waals surface area contributed by atoms with Gasteiger partial charge in [0.15, 0.2) is 5.78 Å². The average Bonchev–Trinajstić information content (AvgIpc) is 2.54. The van der Waals surface area contributed by atoms with Crippen LogP contribution in [0, 0.1) is 0 Å². The Morgan fingerprint density at radius 1 is 1.09 bits per heavy atom. The van der Waals surface area contributed by atoms with E-state index in [1.165, 1.54) is 6.08 Å². The minimum Gasteiger partial charge on any atom is -0.289 e. The Morgan fingerprint density at radius 2 is 1.83 bits per heavy atom. The normalized spacial score (nSPS) is 11.2. The lowest BCUT2D eigenvalue weighted by molar-refractivity contribution is 0.104. The first-order chi connectivity index (χ1) is 11.0. The fourth-order valence-corrected chi connectivity index (χ4v) is 3.45. The molecular weight excluding hydrogens is 396 g/mol. The van der Waals surface area contributed by atoms with E-state index in [0.717, 1.165) is 31.5 Å². The van der Waals surface area contributed by atoms with Crippen molar-refractivity contribution in [3.8, 4) is 0 Å². The average molecular weight is 406 g/mol. The smallest absolute Gasteiger partial charge is 0.244 e. The van der Waals surface area contributed by atoms with Gasteiger partial charge in [0.05, 0.1) is 5.56 Å². The molecule has 23 heavy (non-hydrogen) atoms.